The van der Waals surface area contributed by atoms with Crippen molar-refractivity contribution in [2.45, 2.75) is 0 Å². The molecule has 1 N–H and O–H groups in total. The molecule has 0 aliphatic heterocycles. The van der Waals surface area contributed by atoms with Gasteiger partial charge < -0.3 is 4.98 Å². The van der Waals surface area contributed by atoms with Gasteiger partial charge in [-0.1, -0.05) is 0 Å². The van der Waals surface area contributed by atoms with E-state index in [-0.39, 0.29) is 5.56 Å². The van der Waals surface area contributed by atoms with E-state index in [4.69, 9.17) is 0 Å². The molecule has 0 aliphatic rings. The van der Waals surface area contributed by atoms with E-state index in [2.05, 4.69) is 4.98 Å². The average molecular weight is 191 g/mol. The van der Waals surface area contributed by atoms with Crippen LogP contribution in [-0.4, -0.2) is 11.3 Å². The number of hydrogen-bond donors (Lipinski definition) is 1. The van der Waals surface area contributed by atoms with Crippen LogP contribution in [0.15, 0.2) is 17.1 Å². The Labute approximate surface area is 67.4 Å². The first-order valence-electron chi connectivity index (χ1n) is 2.94. The minimum Gasteiger partial charge on any atom is -0.328 e. The second-order valence-corrected chi connectivity index (χ2v) is 2.94. The van der Waals surface area contributed by atoms with Gasteiger partial charge in [0.15, 0.2) is 6.29 Å². The Balaban J connectivity index is 3.31. The Kier molecular flexibility index (Phi) is 2.65. The number of aromatic nitrogens is 1. The molecule has 0 saturated heterocycles. The molecule has 0 aliphatic carbocycles. The molecule has 1 rings (SSSR count). The fourth-order valence-corrected chi connectivity index (χ4v) is 1.24. The summed E-state index contributed by atoms with van der Waals surface area (Å²) in [6.07, 6.45) is 1.28. The molecule has 0 amide bonds. The number of nitrogens with one attached hydrogen (secondary N) is 1. The Morgan fingerprint density at radius 2 is 2.17 bits per heavy atom. The number of halogens is 2. The lowest BCUT2D eigenvalue weighted by molar-refractivity contribution is 0.112. The van der Waals surface area contributed by atoms with Crippen LogP contribution in [0.25, 0.3) is 0 Å². The van der Waals surface area contributed by atoms with E-state index in [1.165, 1.54) is 0 Å². The van der Waals surface area contributed by atoms with Crippen LogP contribution in [0.2, 0.25) is 0 Å². The summed E-state index contributed by atoms with van der Waals surface area (Å²) in [5, 5.41) is -0.469. The number of aromatic amines is 1. The number of rotatable bonds is 2. The van der Waals surface area contributed by atoms with Gasteiger partial charge in [0.2, 0.25) is 5.56 Å². The van der Waals surface area contributed by atoms with Crippen molar-refractivity contribution < 1.29 is 13.2 Å². The second kappa shape index (κ2) is 3.54. The quantitative estimate of drug-likeness (QED) is 0.561. The van der Waals surface area contributed by atoms with Crippen LogP contribution in [0, 0.1) is 0 Å². The Morgan fingerprint density at radius 1 is 1.50 bits per heavy atom. The summed E-state index contributed by atoms with van der Waals surface area (Å²) in [6, 6.07) is 0.745. The predicted molar refractivity (Wildman–Crippen MR) is 41.2 cm³/mol. The van der Waals surface area contributed by atoms with Crippen molar-refractivity contribution in [3.63, 3.8) is 0 Å². The van der Waals surface area contributed by atoms with Gasteiger partial charge in [-0.3, -0.25) is 9.59 Å². The first-order chi connectivity index (χ1) is 5.65. The molecule has 3 nitrogen and oxygen atoms in total. The molecule has 1 aromatic rings. The van der Waals surface area contributed by atoms with Gasteiger partial charge in [0, 0.05) is 17.8 Å². The van der Waals surface area contributed by atoms with Crippen LogP contribution in [-0.2, 0) is 0 Å². The standard InChI is InChI=1S/C6H4F2NO2P/c7-12(8)5-1-6(11)9-2-4(5)3-10/h1-3H,(H,9,11). The highest BCUT2D eigenvalue weighted by Gasteiger charge is 2.14. The topological polar surface area (TPSA) is 49.9 Å². The van der Waals surface area contributed by atoms with Crippen LogP contribution >= 0.6 is 8.54 Å². The summed E-state index contributed by atoms with van der Waals surface area (Å²) in [5.74, 6) is 0. The molecule has 0 saturated carbocycles. The highest BCUT2D eigenvalue weighted by atomic mass is 31.2. The van der Waals surface area contributed by atoms with E-state index in [0.29, 0.717) is 6.29 Å². The summed E-state index contributed by atoms with van der Waals surface area (Å²) >= 11 is 0. The number of aldehydes is 1. The summed E-state index contributed by atoms with van der Waals surface area (Å²) in [4.78, 5) is 22.9. The minimum absolute atomic E-state index is 0.161. The fraction of sp³-hybridized carbons (Fsp3) is 0. The van der Waals surface area contributed by atoms with Crippen molar-refractivity contribution in [3.05, 3.63) is 28.2 Å². The third-order valence-electron chi connectivity index (χ3n) is 1.24. The molecule has 0 radical (unpaired) electrons. The van der Waals surface area contributed by atoms with Crippen LogP contribution in [0.3, 0.4) is 0 Å². The lowest BCUT2D eigenvalue weighted by Crippen LogP contribution is -2.15. The van der Waals surface area contributed by atoms with Gasteiger partial charge in [0.25, 0.3) is 8.54 Å². The number of carbonyl (C=O) groups excluding carboxylic acids is 1. The van der Waals surface area contributed by atoms with Crippen molar-refractivity contribution in [2.24, 2.45) is 0 Å². The van der Waals surface area contributed by atoms with Crippen molar-refractivity contribution in [1.82, 2.24) is 4.98 Å². The maximum absolute atomic E-state index is 12.1. The first kappa shape index (κ1) is 9.00. The van der Waals surface area contributed by atoms with E-state index in [9.17, 15) is 18.0 Å². The number of hydrogen-bond acceptors (Lipinski definition) is 2. The zero-order valence-electron chi connectivity index (χ0n) is 5.75. The summed E-state index contributed by atoms with van der Waals surface area (Å²) in [6.45, 7) is 0. The zero-order valence-corrected chi connectivity index (χ0v) is 6.65. The highest BCUT2D eigenvalue weighted by Crippen LogP contribution is 2.37. The Bertz CT molecular complexity index is 350. The van der Waals surface area contributed by atoms with E-state index in [0.717, 1.165) is 12.3 Å². The molecule has 0 bridgehead atoms. The molecule has 0 atom stereocenters. The predicted octanol–water partition coefficient (Wildman–Crippen LogP) is 1.06. The average Bonchev–Trinajstić information content (AvgIpc) is 2.04. The van der Waals surface area contributed by atoms with Crippen LogP contribution in [0.1, 0.15) is 10.4 Å². The van der Waals surface area contributed by atoms with Gasteiger partial charge >= 0.3 is 0 Å². The molecule has 0 unspecified atom stereocenters. The minimum atomic E-state index is -3.39. The fourth-order valence-electron chi connectivity index (χ4n) is 0.713. The molecule has 0 aromatic carbocycles. The van der Waals surface area contributed by atoms with Gasteiger partial charge in [0.1, 0.15) is 0 Å². The molecule has 64 valence electrons. The Morgan fingerprint density at radius 3 is 2.67 bits per heavy atom. The third kappa shape index (κ3) is 1.74. The molecule has 1 aromatic heterocycles. The van der Waals surface area contributed by atoms with Crippen LogP contribution in [0.5, 0.6) is 0 Å². The maximum atomic E-state index is 12.1. The van der Waals surface area contributed by atoms with Crippen LogP contribution < -0.4 is 10.9 Å². The van der Waals surface area contributed by atoms with E-state index in [1.54, 1.807) is 0 Å². The molecule has 6 heteroatoms. The number of carbonyl (C=O) groups is 1. The Hall–Kier alpha value is -1.09. The van der Waals surface area contributed by atoms with Crippen molar-refractivity contribution in [1.29, 1.82) is 0 Å². The SMILES string of the molecule is O=Cc1c[nH]c(=O)cc1P(F)F. The second-order valence-electron chi connectivity index (χ2n) is 1.99. The number of pyridine rings is 1. The van der Waals surface area contributed by atoms with Crippen molar-refractivity contribution in [2.75, 3.05) is 0 Å². The largest absolute Gasteiger partial charge is 0.328 e. The first-order valence-corrected chi connectivity index (χ1v) is 4.07. The summed E-state index contributed by atoms with van der Waals surface area (Å²) < 4.78 is 24.3. The van der Waals surface area contributed by atoms with Crippen molar-refractivity contribution >= 4 is 20.1 Å². The lowest BCUT2D eigenvalue weighted by Gasteiger charge is -1.98. The van der Waals surface area contributed by atoms with Gasteiger partial charge in [-0.05, 0) is 0 Å². The molecule has 12 heavy (non-hydrogen) atoms. The molecule has 1 heterocycles. The van der Waals surface area contributed by atoms with Gasteiger partial charge in [-0.25, -0.2) is 0 Å². The smallest absolute Gasteiger partial charge is 0.298 e. The number of H-pyrrole nitrogens is 1. The molecular formula is C6H4F2NO2P. The zero-order chi connectivity index (χ0) is 9.14. The normalized spacial score (nSPS) is 10.2. The van der Waals surface area contributed by atoms with E-state index >= 15 is 0 Å². The molecular weight excluding hydrogens is 187 g/mol. The van der Waals surface area contributed by atoms with E-state index in [1.807, 2.05) is 0 Å². The van der Waals surface area contributed by atoms with Gasteiger partial charge in [-0.15, -0.1) is 0 Å². The maximum Gasteiger partial charge on any atom is 0.298 e. The lowest BCUT2D eigenvalue weighted by atomic mass is 10.3. The van der Waals surface area contributed by atoms with Gasteiger partial charge in [-0.2, -0.15) is 8.39 Å². The van der Waals surface area contributed by atoms with Gasteiger partial charge in [0.05, 0.1) is 5.30 Å². The van der Waals surface area contributed by atoms with Crippen molar-refractivity contribution in [3.8, 4) is 0 Å². The highest BCUT2D eigenvalue weighted by molar-refractivity contribution is 7.55. The molecule has 0 fully saturated rings. The summed E-state index contributed by atoms with van der Waals surface area (Å²) in [7, 11) is -3.39. The molecule has 0 spiro atoms. The van der Waals surface area contributed by atoms with E-state index < -0.39 is 19.4 Å². The third-order valence-corrected chi connectivity index (χ3v) is 1.99. The van der Waals surface area contributed by atoms with Crippen LogP contribution in [0.4, 0.5) is 8.39 Å². The monoisotopic (exact) mass is 191 g/mol. The summed E-state index contributed by atoms with van der Waals surface area (Å²) in [5.41, 5.74) is -0.788.